The number of para-hydroxylation sites is 1. The third-order valence-electron chi connectivity index (χ3n) is 4.32. The Morgan fingerprint density at radius 2 is 1.81 bits per heavy atom. The molecule has 1 N–H and O–H groups in total. The zero-order valence-electron chi connectivity index (χ0n) is 16.6. The van der Waals surface area contributed by atoms with Crippen LogP contribution in [0.15, 0.2) is 72.3 Å². The van der Waals surface area contributed by atoms with Gasteiger partial charge in [-0.15, -0.1) is 0 Å². The predicted molar refractivity (Wildman–Crippen MR) is 122 cm³/mol. The van der Waals surface area contributed by atoms with Gasteiger partial charge in [-0.2, -0.15) is 5.26 Å². The number of hydrogen-bond acceptors (Lipinski definition) is 4. The molecule has 0 bridgehead atoms. The third kappa shape index (κ3) is 5.58. The van der Waals surface area contributed by atoms with E-state index in [2.05, 4.69) is 5.32 Å². The Hall–Kier alpha value is -3.46. The summed E-state index contributed by atoms with van der Waals surface area (Å²) in [6, 6.07) is 21.6. The summed E-state index contributed by atoms with van der Waals surface area (Å²) in [5.74, 6) is 0.291. The van der Waals surface area contributed by atoms with Gasteiger partial charge >= 0.3 is 0 Å². The molecule has 0 aliphatic carbocycles. The molecule has 0 aliphatic heterocycles. The van der Waals surface area contributed by atoms with Gasteiger partial charge in [0.2, 0.25) is 0 Å². The second kappa shape index (κ2) is 10.5. The lowest BCUT2D eigenvalue weighted by Gasteiger charge is -2.14. The van der Waals surface area contributed by atoms with Crippen LogP contribution in [0.25, 0.3) is 6.08 Å². The molecule has 0 aliphatic rings. The molecule has 3 rings (SSSR count). The first kappa shape index (κ1) is 22.2. The lowest BCUT2D eigenvalue weighted by atomic mass is 10.1. The molecule has 3 aromatic carbocycles. The highest BCUT2D eigenvalue weighted by atomic mass is 35.5. The fraction of sp³-hybridized carbons (Fsp3) is 0.0833. The number of methoxy groups -OCH3 is 1. The maximum absolute atomic E-state index is 12.7. The third-order valence-corrected chi connectivity index (χ3v) is 5.14. The van der Waals surface area contributed by atoms with Crippen molar-refractivity contribution in [2.45, 2.75) is 6.61 Å². The van der Waals surface area contributed by atoms with Gasteiger partial charge in [0, 0.05) is 5.56 Å². The summed E-state index contributed by atoms with van der Waals surface area (Å²) in [6.07, 6.45) is 1.44. The predicted octanol–water partition coefficient (Wildman–Crippen LogP) is 6.13. The number of hydrogen-bond donors (Lipinski definition) is 1. The minimum atomic E-state index is -0.622. The summed E-state index contributed by atoms with van der Waals surface area (Å²) < 4.78 is 11.4. The summed E-state index contributed by atoms with van der Waals surface area (Å²) in [5.41, 5.74) is 1.68. The maximum atomic E-state index is 12.7. The van der Waals surface area contributed by atoms with E-state index in [4.69, 9.17) is 32.7 Å². The van der Waals surface area contributed by atoms with E-state index in [1.165, 1.54) is 13.2 Å². The molecule has 0 atom stereocenters. The zero-order chi connectivity index (χ0) is 22.2. The standard InChI is InChI=1S/C24H18Cl2N2O3/c1-30-21-12-5-9-17(23(21)31-15-16-7-3-2-4-8-16)13-18(14-27)24(29)28-20-11-6-10-19(25)22(20)26/h2-13H,15H2,1H3,(H,28,29)/b18-13+. The molecule has 0 radical (unpaired) electrons. The molecule has 5 nitrogen and oxygen atoms in total. The van der Waals surface area contributed by atoms with Crippen LogP contribution in [-0.4, -0.2) is 13.0 Å². The van der Waals surface area contributed by atoms with Gasteiger partial charge in [-0.1, -0.05) is 71.7 Å². The number of nitrogens with one attached hydrogen (secondary N) is 1. The topological polar surface area (TPSA) is 71.3 Å². The number of carbonyl (C=O) groups excluding carboxylic acids is 1. The number of rotatable bonds is 7. The van der Waals surface area contributed by atoms with E-state index in [0.717, 1.165) is 5.56 Å². The van der Waals surface area contributed by atoms with Crippen LogP contribution in [-0.2, 0) is 11.4 Å². The summed E-state index contributed by atoms with van der Waals surface area (Å²) in [4.78, 5) is 12.7. The number of benzene rings is 3. The zero-order valence-corrected chi connectivity index (χ0v) is 18.1. The molecule has 0 fully saturated rings. The Balaban J connectivity index is 1.90. The monoisotopic (exact) mass is 452 g/mol. The fourth-order valence-corrected chi connectivity index (χ4v) is 3.13. The van der Waals surface area contributed by atoms with E-state index in [0.29, 0.717) is 34.4 Å². The van der Waals surface area contributed by atoms with Crippen LogP contribution in [0, 0.1) is 11.3 Å². The minimum Gasteiger partial charge on any atom is -0.493 e. The van der Waals surface area contributed by atoms with Crippen molar-refractivity contribution in [1.29, 1.82) is 5.26 Å². The molecular weight excluding hydrogens is 435 g/mol. The lowest BCUT2D eigenvalue weighted by molar-refractivity contribution is -0.112. The molecule has 0 saturated carbocycles. The van der Waals surface area contributed by atoms with Gasteiger partial charge in [-0.3, -0.25) is 4.79 Å². The van der Waals surface area contributed by atoms with E-state index in [1.807, 2.05) is 36.4 Å². The van der Waals surface area contributed by atoms with Crippen molar-refractivity contribution in [1.82, 2.24) is 0 Å². The molecule has 156 valence electrons. The second-order valence-electron chi connectivity index (χ2n) is 6.38. The van der Waals surface area contributed by atoms with Gasteiger partial charge in [0.05, 0.1) is 22.8 Å². The number of halogens is 2. The SMILES string of the molecule is COc1cccc(/C=C(\C#N)C(=O)Nc2cccc(Cl)c2Cl)c1OCc1ccccc1. The van der Waals surface area contributed by atoms with E-state index in [1.54, 1.807) is 36.4 Å². The van der Waals surface area contributed by atoms with Gasteiger partial charge in [0.1, 0.15) is 18.2 Å². The number of carbonyl (C=O) groups is 1. The van der Waals surface area contributed by atoms with Crippen LogP contribution in [0.2, 0.25) is 10.0 Å². The normalized spacial score (nSPS) is 10.8. The van der Waals surface area contributed by atoms with Gasteiger partial charge in [-0.05, 0) is 29.8 Å². The lowest BCUT2D eigenvalue weighted by Crippen LogP contribution is -2.14. The molecule has 0 heterocycles. The van der Waals surface area contributed by atoms with Gasteiger partial charge in [0.15, 0.2) is 11.5 Å². The Labute approximate surface area is 190 Å². The van der Waals surface area contributed by atoms with Crippen molar-refractivity contribution >= 4 is 40.9 Å². The summed E-state index contributed by atoms with van der Waals surface area (Å²) in [7, 11) is 1.53. The Morgan fingerprint density at radius 3 is 2.52 bits per heavy atom. The molecule has 0 aromatic heterocycles. The largest absolute Gasteiger partial charge is 0.493 e. The summed E-state index contributed by atoms with van der Waals surface area (Å²) >= 11 is 12.1. The first-order valence-electron chi connectivity index (χ1n) is 9.24. The molecule has 7 heteroatoms. The molecule has 0 spiro atoms. The highest BCUT2D eigenvalue weighted by Crippen LogP contribution is 2.34. The first-order valence-corrected chi connectivity index (χ1v) is 10.00. The van der Waals surface area contributed by atoms with Crippen LogP contribution in [0.3, 0.4) is 0 Å². The quantitative estimate of drug-likeness (QED) is 0.345. The molecule has 31 heavy (non-hydrogen) atoms. The van der Waals surface area contributed by atoms with Crippen molar-refractivity contribution in [3.63, 3.8) is 0 Å². The first-order chi connectivity index (χ1) is 15.0. The fourth-order valence-electron chi connectivity index (χ4n) is 2.79. The summed E-state index contributed by atoms with van der Waals surface area (Å²) in [6.45, 7) is 0.300. The van der Waals surface area contributed by atoms with Gasteiger partial charge < -0.3 is 14.8 Å². The van der Waals surface area contributed by atoms with Crippen LogP contribution >= 0.6 is 23.2 Å². The van der Waals surface area contributed by atoms with Crippen LogP contribution in [0.5, 0.6) is 11.5 Å². The number of amides is 1. The highest BCUT2D eigenvalue weighted by molar-refractivity contribution is 6.44. The molecular formula is C24H18Cl2N2O3. The molecule has 1 amide bonds. The van der Waals surface area contributed by atoms with Gasteiger partial charge in [-0.25, -0.2) is 0 Å². The van der Waals surface area contributed by atoms with Crippen LogP contribution in [0.4, 0.5) is 5.69 Å². The Bertz CT molecular complexity index is 1160. The van der Waals surface area contributed by atoms with E-state index in [9.17, 15) is 10.1 Å². The van der Waals surface area contributed by atoms with E-state index >= 15 is 0 Å². The number of ether oxygens (including phenoxy) is 2. The number of anilines is 1. The highest BCUT2D eigenvalue weighted by Gasteiger charge is 2.16. The maximum Gasteiger partial charge on any atom is 0.266 e. The number of nitrogens with zero attached hydrogens (tertiary/aromatic N) is 1. The minimum absolute atomic E-state index is 0.131. The van der Waals surface area contributed by atoms with Gasteiger partial charge in [0.25, 0.3) is 5.91 Å². The van der Waals surface area contributed by atoms with Crippen molar-refractivity contribution < 1.29 is 14.3 Å². The van der Waals surface area contributed by atoms with Crippen molar-refractivity contribution in [3.8, 4) is 17.6 Å². The van der Waals surface area contributed by atoms with Crippen LogP contribution < -0.4 is 14.8 Å². The average molecular weight is 453 g/mol. The van der Waals surface area contributed by atoms with Crippen molar-refractivity contribution in [2.24, 2.45) is 0 Å². The summed E-state index contributed by atoms with van der Waals surface area (Å²) in [5, 5.41) is 12.7. The second-order valence-corrected chi connectivity index (χ2v) is 7.16. The molecule has 0 saturated heterocycles. The Morgan fingerprint density at radius 1 is 1.06 bits per heavy atom. The smallest absolute Gasteiger partial charge is 0.266 e. The number of nitriles is 1. The molecule has 0 unspecified atom stereocenters. The van der Waals surface area contributed by atoms with Crippen LogP contribution in [0.1, 0.15) is 11.1 Å². The van der Waals surface area contributed by atoms with E-state index in [-0.39, 0.29) is 10.6 Å². The van der Waals surface area contributed by atoms with Crippen molar-refractivity contribution in [2.75, 3.05) is 12.4 Å². The average Bonchev–Trinajstić information content (AvgIpc) is 2.79. The van der Waals surface area contributed by atoms with Crippen molar-refractivity contribution in [3.05, 3.63) is 93.5 Å². The molecule has 3 aromatic rings. The van der Waals surface area contributed by atoms with E-state index < -0.39 is 5.91 Å². The Kier molecular flexibility index (Phi) is 7.55.